The third-order valence-electron chi connectivity index (χ3n) is 6.29. The minimum Gasteiger partial charge on any atom is -0.497 e. The van der Waals surface area contributed by atoms with Gasteiger partial charge in [-0.25, -0.2) is 4.79 Å². The van der Waals surface area contributed by atoms with Crippen LogP contribution < -0.4 is 10.1 Å². The van der Waals surface area contributed by atoms with E-state index in [2.05, 4.69) is 10.3 Å². The molecule has 4 aromatic rings. The van der Waals surface area contributed by atoms with Crippen LogP contribution in [0.15, 0.2) is 60.7 Å². The van der Waals surface area contributed by atoms with Crippen molar-refractivity contribution in [1.82, 2.24) is 9.88 Å². The number of nitrogens with zero attached hydrogens (tertiary/aromatic N) is 1. The van der Waals surface area contributed by atoms with Crippen molar-refractivity contribution < 1.29 is 9.53 Å². The molecule has 0 bridgehead atoms. The number of urea groups is 1. The average Bonchev–Trinajstić information content (AvgIpc) is 3.19. The average molecular weight is 480 g/mol. The summed E-state index contributed by atoms with van der Waals surface area (Å²) in [5.74, 6) is 0.767. The number of hydrogen-bond acceptors (Lipinski definition) is 2. The van der Waals surface area contributed by atoms with Crippen LogP contribution in [0.1, 0.15) is 28.4 Å². The molecule has 5 nitrogen and oxygen atoms in total. The number of halogens is 2. The molecule has 0 fully saturated rings. The highest BCUT2D eigenvalue weighted by Gasteiger charge is 2.35. The molecule has 0 aliphatic carbocycles. The summed E-state index contributed by atoms with van der Waals surface area (Å²) in [6, 6.07) is 18.7. The number of aromatic nitrogens is 1. The first-order valence-electron chi connectivity index (χ1n) is 10.7. The fraction of sp³-hybridized carbons (Fsp3) is 0.192. The lowest BCUT2D eigenvalue weighted by atomic mass is 9.92. The number of amides is 2. The Hall–Kier alpha value is -3.15. The van der Waals surface area contributed by atoms with Gasteiger partial charge < -0.3 is 19.9 Å². The van der Waals surface area contributed by atoms with Crippen LogP contribution in [0.3, 0.4) is 0 Å². The molecule has 0 spiro atoms. The second kappa shape index (κ2) is 8.65. The number of carbonyl (C=O) groups excluding carboxylic acids is 1. The molecule has 2 heterocycles. The highest BCUT2D eigenvalue weighted by Crippen LogP contribution is 2.40. The topological polar surface area (TPSA) is 57.4 Å². The number of carbonyl (C=O) groups is 1. The molecular formula is C26H23Cl2N3O2. The van der Waals surface area contributed by atoms with Crippen LogP contribution in [0.5, 0.6) is 5.75 Å². The molecule has 2 amide bonds. The maximum absolute atomic E-state index is 13.5. The number of ether oxygens (including phenoxy) is 1. The summed E-state index contributed by atoms with van der Waals surface area (Å²) in [5, 5.41) is 5.47. The van der Waals surface area contributed by atoms with E-state index in [-0.39, 0.29) is 12.1 Å². The number of hydrogen-bond donors (Lipinski definition) is 2. The number of anilines is 1. The molecule has 1 aliphatic heterocycles. The van der Waals surface area contributed by atoms with Crippen molar-refractivity contribution in [3.63, 3.8) is 0 Å². The maximum Gasteiger partial charge on any atom is 0.322 e. The van der Waals surface area contributed by atoms with Gasteiger partial charge in [0.15, 0.2) is 0 Å². The standard InChI is InChI=1S/C26H23Cl2N3O2/c1-15-21(28)4-3-5-22(15)30-26(32)31-13-12-19-20-14-17(27)8-11-23(20)29-24(19)25(31)16-6-9-18(33-2)10-7-16/h3-11,14,25,29H,12-13H2,1-2H3,(H,30,32)/t25-/m0/s1. The Labute approximate surface area is 202 Å². The third-order valence-corrected chi connectivity index (χ3v) is 6.94. The van der Waals surface area contributed by atoms with E-state index in [1.54, 1.807) is 7.11 Å². The largest absolute Gasteiger partial charge is 0.497 e. The van der Waals surface area contributed by atoms with Crippen molar-refractivity contribution in [2.75, 3.05) is 19.0 Å². The van der Waals surface area contributed by atoms with Crippen LogP contribution in [0.2, 0.25) is 10.0 Å². The zero-order valence-corrected chi connectivity index (χ0v) is 19.8. The maximum atomic E-state index is 13.5. The lowest BCUT2D eigenvalue weighted by molar-refractivity contribution is 0.193. The number of rotatable bonds is 3. The highest BCUT2D eigenvalue weighted by atomic mass is 35.5. The first-order chi connectivity index (χ1) is 16.0. The normalized spacial score (nSPS) is 15.4. The second-order valence-electron chi connectivity index (χ2n) is 8.17. The molecule has 1 atom stereocenters. The molecule has 0 saturated carbocycles. The summed E-state index contributed by atoms with van der Waals surface area (Å²) in [7, 11) is 1.64. The van der Waals surface area contributed by atoms with Gasteiger partial charge in [-0.05, 0) is 72.5 Å². The van der Waals surface area contributed by atoms with E-state index in [0.29, 0.717) is 22.3 Å². The molecule has 0 radical (unpaired) electrons. The quantitative estimate of drug-likeness (QED) is 0.333. The third kappa shape index (κ3) is 3.92. The predicted molar refractivity (Wildman–Crippen MR) is 134 cm³/mol. The Balaban J connectivity index is 1.59. The van der Waals surface area contributed by atoms with Gasteiger partial charge in [0.1, 0.15) is 5.75 Å². The van der Waals surface area contributed by atoms with Crippen molar-refractivity contribution in [1.29, 1.82) is 0 Å². The Bertz CT molecular complexity index is 1350. The zero-order chi connectivity index (χ0) is 23.1. The SMILES string of the molecule is COc1ccc([C@H]2c3[nH]c4ccc(Cl)cc4c3CCN2C(=O)Nc2cccc(Cl)c2C)cc1. The van der Waals surface area contributed by atoms with Gasteiger partial charge in [0.25, 0.3) is 0 Å². The number of H-pyrrole nitrogens is 1. The van der Waals surface area contributed by atoms with E-state index in [1.165, 1.54) is 5.56 Å². The summed E-state index contributed by atoms with van der Waals surface area (Å²) in [6.07, 6.45) is 0.726. The lowest BCUT2D eigenvalue weighted by Gasteiger charge is -2.36. The number of methoxy groups -OCH3 is 1. The van der Waals surface area contributed by atoms with E-state index < -0.39 is 0 Å². The van der Waals surface area contributed by atoms with Gasteiger partial charge in [-0.2, -0.15) is 0 Å². The Morgan fingerprint density at radius 3 is 2.67 bits per heavy atom. The summed E-state index contributed by atoms with van der Waals surface area (Å²) in [4.78, 5) is 18.9. The lowest BCUT2D eigenvalue weighted by Crippen LogP contribution is -2.43. The van der Waals surface area contributed by atoms with Crippen LogP contribution in [-0.2, 0) is 6.42 Å². The Morgan fingerprint density at radius 2 is 1.91 bits per heavy atom. The van der Waals surface area contributed by atoms with Crippen LogP contribution in [0.4, 0.5) is 10.5 Å². The Kier molecular flexibility index (Phi) is 5.69. The van der Waals surface area contributed by atoms with E-state index in [4.69, 9.17) is 27.9 Å². The molecule has 1 aromatic heterocycles. The zero-order valence-electron chi connectivity index (χ0n) is 18.3. The highest BCUT2D eigenvalue weighted by molar-refractivity contribution is 6.32. The predicted octanol–water partition coefficient (Wildman–Crippen LogP) is 6.97. The summed E-state index contributed by atoms with van der Waals surface area (Å²) < 4.78 is 5.34. The van der Waals surface area contributed by atoms with Gasteiger partial charge in [-0.1, -0.05) is 41.4 Å². The summed E-state index contributed by atoms with van der Waals surface area (Å²) in [5.41, 5.74) is 5.74. The molecule has 0 saturated heterocycles. The van der Waals surface area contributed by atoms with Crippen molar-refractivity contribution in [2.24, 2.45) is 0 Å². The molecule has 1 aliphatic rings. The first-order valence-corrected chi connectivity index (χ1v) is 11.5. The molecular weight excluding hydrogens is 457 g/mol. The van der Waals surface area contributed by atoms with Crippen LogP contribution in [0, 0.1) is 6.92 Å². The number of benzene rings is 3. The van der Waals surface area contributed by atoms with Crippen molar-refractivity contribution in [3.8, 4) is 5.75 Å². The number of fused-ring (bicyclic) bond motifs is 3. The van der Waals surface area contributed by atoms with E-state index in [0.717, 1.165) is 39.9 Å². The van der Waals surface area contributed by atoms with Crippen LogP contribution in [-0.4, -0.2) is 29.6 Å². The van der Waals surface area contributed by atoms with Gasteiger partial charge in [0, 0.05) is 38.9 Å². The number of nitrogens with one attached hydrogen (secondary N) is 2. The fourth-order valence-electron chi connectivity index (χ4n) is 4.54. The number of aromatic amines is 1. The van der Waals surface area contributed by atoms with Crippen molar-refractivity contribution in [3.05, 3.63) is 93.1 Å². The minimum atomic E-state index is -0.287. The first kappa shape index (κ1) is 21.7. The molecule has 5 rings (SSSR count). The monoisotopic (exact) mass is 479 g/mol. The van der Waals surface area contributed by atoms with Crippen molar-refractivity contribution >= 4 is 45.8 Å². The molecule has 168 valence electrons. The summed E-state index contributed by atoms with van der Waals surface area (Å²) in [6.45, 7) is 2.46. The minimum absolute atomic E-state index is 0.177. The molecule has 33 heavy (non-hydrogen) atoms. The van der Waals surface area contributed by atoms with E-state index in [9.17, 15) is 4.79 Å². The molecule has 0 unspecified atom stereocenters. The molecule has 2 N–H and O–H groups in total. The molecule has 7 heteroatoms. The summed E-state index contributed by atoms with van der Waals surface area (Å²) >= 11 is 12.6. The van der Waals surface area contributed by atoms with Crippen molar-refractivity contribution in [2.45, 2.75) is 19.4 Å². The Morgan fingerprint density at radius 1 is 1.12 bits per heavy atom. The second-order valence-corrected chi connectivity index (χ2v) is 9.01. The molecule has 3 aromatic carbocycles. The smallest absolute Gasteiger partial charge is 0.322 e. The van der Waals surface area contributed by atoms with E-state index in [1.807, 2.05) is 72.5 Å². The van der Waals surface area contributed by atoms with Gasteiger partial charge in [0.2, 0.25) is 0 Å². The van der Waals surface area contributed by atoms with Gasteiger partial charge >= 0.3 is 6.03 Å². The van der Waals surface area contributed by atoms with E-state index >= 15 is 0 Å². The van der Waals surface area contributed by atoms with Gasteiger partial charge in [-0.15, -0.1) is 0 Å². The van der Waals surface area contributed by atoms with Gasteiger partial charge in [0.05, 0.1) is 13.2 Å². The van der Waals surface area contributed by atoms with Gasteiger partial charge in [-0.3, -0.25) is 0 Å². The fourth-order valence-corrected chi connectivity index (χ4v) is 4.89. The van der Waals surface area contributed by atoms with Crippen LogP contribution in [0.25, 0.3) is 10.9 Å². The van der Waals surface area contributed by atoms with Crippen LogP contribution >= 0.6 is 23.2 Å².